The van der Waals surface area contributed by atoms with Crippen molar-refractivity contribution in [1.82, 2.24) is 4.98 Å². The third-order valence-corrected chi connectivity index (χ3v) is 5.06. The Labute approximate surface area is 160 Å². The molecule has 4 N–H and O–H groups in total. The number of nitrogens with two attached hydrogens (primary N) is 1. The van der Waals surface area contributed by atoms with Crippen molar-refractivity contribution in [2.75, 3.05) is 7.11 Å². The lowest BCUT2D eigenvalue weighted by Gasteiger charge is -2.10. The van der Waals surface area contributed by atoms with Gasteiger partial charge in [0.15, 0.2) is 11.5 Å². The van der Waals surface area contributed by atoms with Crippen molar-refractivity contribution in [2.45, 2.75) is 6.42 Å². The minimum absolute atomic E-state index is 0.143. The van der Waals surface area contributed by atoms with Crippen molar-refractivity contribution in [1.29, 1.82) is 0 Å². The van der Waals surface area contributed by atoms with Gasteiger partial charge in [0, 0.05) is 0 Å². The number of rotatable bonds is 5. The Morgan fingerprint density at radius 2 is 2.15 bits per heavy atom. The molecule has 11 heteroatoms. The number of ether oxygens (including phenoxy) is 2. The minimum atomic E-state index is -0.668. The zero-order valence-electron chi connectivity index (χ0n) is 13.8. The fourth-order valence-electron chi connectivity index (χ4n) is 2.20. The van der Waals surface area contributed by atoms with E-state index in [1.807, 2.05) is 0 Å². The van der Waals surface area contributed by atoms with Gasteiger partial charge in [0.05, 0.1) is 23.3 Å². The fourth-order valence-corrected chi connectivity index (χ4v) is 3.58. The number of amidine groups is 1. The van der Waals surface area contributed by atoms with E-state index in [1.54, 1.807) is 18.2 Å². The van der Waals surface area contributed by atoms with E-state index < -0.39 is 10.8 Å². The van der Waals surface area contributed by atoms with Gasteiger partial charge in [-0.1, -0.05) is 17.4 Å². The summed E-state index contributed by atoms with van der Waals surface area (Å²) in [6.07, 6.45) is 1.40. The van der Waals surface area contributed by atoms with Gasteiger partial charge in [-0.3, -0.25) is 19.4 Å². The van der Waals surface area contributed by atoms with Crippen molar-refractivity contribution in [3.8, 4) is 17.4 Å². The first kappa shape index (κ1) is 18.7. The Morgan fingerprint density at radius 3 is 2.74 bits per heavy atom. The largest absolute Gasteiger partial charge is 0.494 e. The molecular weight excluding hydrogens is 394 g/mol. The molecule has 27 heavy (non-hydrogen) atoms. The summed E-state index contributed by atoms with van der Waals surface area (Å²) in [6.45, 7) is 0. The van der Waals surface area contributed by atoms with Crippen molar-refractivity contribution in [3.63, 3.8) is 0 Å². The van der Waals surface area contributed by atoms with Crippen LogP contribution >= 0.6 is 23.1 Å². The third kappa shape index (κ3) is 4.38. The number of thioether (sulfide) groups is 1. The van der Waals surface area contributed by atoms with E-state index in [1.165, 1.54) is 13.2 Å². The van der Waals surface area contributed by atoms with Gasteiger partial charge in [-0.25, -0.2) is 0 Å². The van der Waals surface area contributed by atoms with Crippen LogP contribution in [0.15, 0.2) is 32.9 Å². The van der Waals surface area contributed by atoms with Crippen LogP contribution < -0.4 is 20.1 Å². The minimum Gasteiger partial charge on any atom is -0.494 e. The second-order valence-corrected chi connectivity index (χ2v) is 7.28. The lowest BCUT2D eigenvalue weighted by Crippen LogP contribution is -2.11. The highest BCUT2D eigenvalue weighted by atomic mass is 32.2. The second kappa shape index (κ2) is 7.68. The predicted octanol–water partition coefficient (Wildman–Crippen LogP) is 1.86. The normalized spacial score (nSPS) is 15.1. The molecule has 140 valence electrons. The van der Waals surface area contributed by atoms with E-state index in [2.05, 4.69) is 9.98 Å². The maximum Gasteiger partial charge on any atom is 0.316 e. The highest BCUT2D eigenvalue weighted by Crippen LogP contribution is 2.32. The summed E-state index contributed by atoms with van der Waals surface area (Å²) in [5, 5.41) is 9.15. The molecule has 2 aromatic rings. The molecule has 0 aliphatic carbocycles. The van der Waals surface area contributed by atoms with Crippen LogP contribution in [-0.4, -0.2) is 34.2 Å². The maximum atomic E-state index is 12.1. The summed E-state index contributed by atoms with van der Waals surface area (Å²) in [4.78, 5) is 40.5. The molecule has 9 nitrogen and oxygen atoms in total. The molecular formula is C16H13N3O6S2. The summed E-state index contributed by atoms with van der Waals surface area (Å²) in [6, 6.07) is 4.79. The van der Waals surface area contributed by atoms with Gasteiger partial charge < -0.3 is 20.3 Å². The highest BCUT2D eigenvalue weighted by Gasteiger charge is 2.19. The molecule has 0 radical (unpaired) electrons. The predicted molar refractivity (Wildman–Crippen MR) is 102 cm³/mol. The van der Waals surface area contributed by atoms with E-state index in [9.17, 15) is 19.5 Å². The van der Waals surface area contributed by atoms with Gasteiger partial charge >= 0.3 is 16.1 Å². The smallest absolute Gasteiger partial charge is 0.316 e. The molecule has 1 aromatic heterocycles. The summed E-state index contributed by atoms with van der Waals surface area (Å²) >= 11 is 1.65. The zero-order chi connectivity index (χ0) is 19.6. The average Bonchev–Trinajstić information content (AvgIpc) is 3.09. The van der Waals surface area contributed by atoms with Crippen LogP contribution in [0.5, 0.6) is 17.4 Å². The first-order valence-electron chi connectivity index (χ1n) is 7.43. The van der Waals surface area contributed by atoms with Crippen LogP contribution in [0.3, 0.4) is 0 Å². The number of aromatic hydroxyl groups is 1. The molecule has 0 saturated heterocycles. The number of aromatic amines is 1. The monoisotopic (exact) mass is 407 g/mol. The Balaban J connectivity index is 1.76. The Bertz CT molecular complexity index is 1040. The zero-order valence-corrected chi connectivity index (χ0v) is 15.5. The summed E-state index contributed by atoms with van der Waals surface area (Å²) in [5.74, 6) is -0.417. The van der Waals surface area contributed by atoms with Gasteiger partial charge in [0.2, 0.25) is 5.88 Å². The molecule has 1 aliphatic heterocycles. The number of esters is 1. The van der Waals surface area contributed by atoms with Gasteiger partial charge in [0.25, 0.3) is 0 Å². The number of carbonyl (C=O) groups excluding carboxylic acids is 2. The average molecular weight is 407 g/mol. The molecule has 0 saturated carbocycles. The van der Waals surface area contributed by atoms with Crippen LogP contribution in [0.4, 0.5) is 4.79 Å². The molecule has 0 bridgehead atoms. The van der Waals surface area contributed by atoms with Gasteiger partial charge in [-0.2, -0.15) is 4.99 Å². The number of amides is 1. The number of nitrogens with zero attached hydrogens (tertiary/aromatic N) is 1. The number of aromatic nitrogens is 1. The van der Waals surface area contributed by atoms with Crippen molar-refractivity contribution in [2.24, 2.45) is 10.7 Å². The van der Waals surface area contributed by atoms with Crippen molar-refractivity contribution < 1.29 is 24.2 Å². The summed E-state index contributed by atoms with van der Waals surface area (Å²) in [7, 11) is 1.41. The van der Waals surface area contributed by atoms with Crippen LogP contribution in [-0.2, 0) is 11.2 Å². The number of benzene rings is 1. The quantitative estimate of drug-likeness (QED) is 0.503. The first-order valence-corrected chi connectivity index (χ1v) is 9.06. The number of carbonyl (C=O) groups is 2. The number of thiazole rings is 1. The van der Waals surface area contributed by atoms with Crippen LogP contribution in [0, 0.1) is 0 Å². The van der Waals surface area contributed by atoms with Crippen molar-refractivity contribution in [3.05, 3.63) is 43.2 Å². The molecule has 1 aromatic carbocycles. The number of nitrogens with one attached hydrogen (secondary N) is 1. The van der Waals surface area contributed by atoms with E-state index >= 15 is 0 Å². The molecule has 1 amide bonds. The topological polar surface area (TPSA) is 144 Å². The number of aliphatic imine (C=N–C) groups is 1. The molecule has 3 rings (SSSR count). The molecule has 0 atom stereocenters. The van der Waals surface area contributed by atoms with E-state index in [-0.39, 0.29) is 39.8 Å². The van der Waals surface area contributed by atoms with Gasteiger partial charge in [-0.15, -0.1) is 0 Å². The van der Waals surface area contributed by atoms with Gasteiger partial charge in [0.1, 0.15) is 5.84 Å². The van der Waals surface area contributed by atoms with Gasteiger partial charge in [-0.05, 0) is 35.5 Å². The second-order valence-electron chi connectivity index (χ2n) is 5.22. The third-order valence-electron chi connectivity index (χ3n) is 3.38. The van der Waals surface area contributed by atoms with E-state index in [0.717, 1.165) is 23.1 Å². The van der Waals surface area contributed by atoms with Crippen molar-refractivity contribution >= 4 is 46.2 Å². The van der Waals surface area contributed by atoms with Crippen LogP contribution in [0.2, 0.25) is 0 Å². The lowest BCUT2D eigenvalue weighted by molar-refractivity contribution is -0.133. The Kier molecular flexibility index (Phi) is 5.33. The van der Waals surface area contributed by atoms with E-state index in [4.69, 9.17) is 15.2 Å². The highest BCUT2D eigenvalue weighted by molar-refractivity contribution is 8.18. The first-order chi connectivity index (χ1) is 12.9. The lowest BCUT2D eigenvalue weighted by atomic mass is 10.2. The Hall–Kier alpha value is -3.05. The van der Waals surface area contributed by atoms with Crippen LogP contribution in [0.25, 0.3) is 6.08 Å². The fraction of sp³-hybridized carbons (Fsp3) is 0.125. The number of hydrogen-bond acceptors (Lipinski definition) is 9. The molecule has 0 unspecified atom stereocenters. The molecule has 1 aliphatic rings. The maximum absolute atomic E-state index is 12.1. The van der Waals surface area contributed by atoms with E-state index in [0.29, 0.717) is 10.5 Å². The van der Waals surface area contributed by atoms with Crippen LogP contribution in [0.1, 0.15) is 10.4 Å². The standard InChI is InChI=1S/C16H13N3O6S2/c1-24-9-4-7(5-10-13(17)18-15(22)26-10)2-3-8(9)25-12(20)6-11-14(21)19-16(23)27-11/h2-5,21H,6H2,1H3,(H,19,23)(H2,17,18,22). The summed E-state index contributed by atoms with van der Waals surface area (Å²) < 4.78 is 10.5. The molecule has 2 heterocycles. The Morgan fingerprint density at radius 1 is 1.37 bits per heavy atom. The number of H-pyrrole nitrogens is 1. The molecule has 0 spiro atoms. The SMILES string of the molecule is COc1cc(C=C2SC(=O)N=C2N)ccc1OC(=O)Cc1sc(=O)[nH]c1O. The number of hydrogen-bond donors (Lipinski definition) is 3. The molecule has 0 fully saturated rings. The summed E-state index contributed by atoms with van der Waals surface area (Å²) in [5.41, 5.74) is 6.34. The number of methoxy groups -OCH3 is 1.